The van der Waals surface area contributed by atoms with Crippen LogP contribution in [0.4, 0.5) is 11.4 Å². The van der Waals surface area contributed by atoms with Crippen LogP contribution in [0.25, 0.3) is 0 Å². The van der Waals surface area contributed by atoms with Gasteiger partial charge in [0.25, 0.3) is 0 Å². The maximum atomic E-state index is 5.86. The van der Waals surface area contributed by atoms with Gasteiger partial charge in [-0.2, -0.15) is 0 Å². The lowest BCUT2D eigenvalue weighted by molar-refractivity contribution is 0.319. The highest BCUT2D eigenvalue weighted by molar-refractivity contribution is 7.80. The third-order valence-electron chi connectivity index (χ3n) is 6.35. The fourth-order valence-corrected chi connectivity index (χ4v) is 4.55. The molecule has 30 heavy (non-hydrogen) atoms. The third kappa shape index (κ3) is 5.34. The van der Waals surface area contributed by atoms with Crippen molar-refractivity contribution in [3.63, 3.8) is 0 Å². The summed E-state index contributed by atoms with van der Waals surface area (Å²) in [6.45, 7) is 14.2. The number of hydrogen-bond acceptors (Lipinski definition) is 2. The van der Waals surface area contributed by atoms with Crippen molar-refractivity contribution in [3.8, 4) is 0 Å². The molecule has 2 aromatic rings. The SMILES string of the molecule is CCCN1CCCc2cc(CN(C(=S)Nc3ccc(C)c(C)c3)[C@@H](C)CC)ccc21. The predicted molar refractivity (Wildman–Crippen MR) is 135 cm³/mol. The standard InChI is InChI=1S/C26H37N3S/c1-6-14-28-15-8-9-23-17-22(11-13-25(23)28)18-29(21(5)7-2)26(30)27-24-12-10-19(3)20(4)16-24/h10-13,16-17,21H,6-9,14-15,18H2,1-5H3,(H,27,30)/t21-/m0/s1. The van der Waals surface area contributed by atoms with E-state index in [1.165, 1.54) is 53.7 Å². The van der Waals surface area contributed by atoms with E-state index in [-0.39, 0.29) is 0 Å². The molecule has 3 rings (SSSR count). The number of anilines is 2. The van der Waals surface area contributed by atoms with E-state index in [1.54, 1.807) is 0 Å². The summed E-state index contributed by atoms with van der Waals surface area (Å²) in [6, 6.07) is 13.9. The molecule has 1 aliphatic rings. The number of benzene rings is 2. The van der Waals surface area contributed by atoms with Crippen LogP contribution in [0, 0.1) is 13.8 Å². The lowest BCUT2D eigenvalue weighted by atomic mass is 9.98. The van der Waals surface area contributed by atoms with Crippen molar-refractivity contribution in [1.82, 2.24) is 4.90 Å². The average molecular weight is 424 g/mol. The summed E-state index contributed by atoms with van der Waals surface area (Å²) < 4.78 is 0. The summed E-state index contributed by atoms with van der Waals surface area (Å²) in [7, 11) is 0. The first-order valence-electron chi connectivity index (χ1n) is 11.4. The molecule has 162 valence electrons. The van der Waals surface area contributed by atoms with Gasteiger partial charge in [0.15, 0.2) is 5.11 Å². The van der Waals surface area contributed by atoms with Crippen LogP contribution in [0.5, 0.6) is 0 Å². The van der Waals surface area contributed by atoms with E-state index in [1.807, 2.05) is 0 Å². The van der Waals surface area contributed by atoms with Crippen molar-refractivity contribution < 1.29 is 0 Å². The summed E-state index contributed by atoms with van der Waals surface area (Å²) in [5, 5.41) is 4.28. The van der Waals surface area contributed by atoms with Crippen molar-refractivity contribution in [2.45, 2.75) is 72.9 Å². The zero-order chi connectivity index (χ0) is 21.7. The molecule has 0 saturated heterocycles. The van der Waals surface area contributed by atoms with Gasteiger partial charge in [-0.25, -0.2) is 0 Å². The number of thiocarbonyl (C=S) groups is 1. The fraction of sp³-hybridized carbons (Fsp3) is 0.500. The molecule has 0 aromatic heterocycles. The Labute approximate surface area is 188 Å². The summed E-state index contributed by atoms with van der Waals surface area (Å²) in [6.07, 6.45) is 4.68. The van der Waals surface area contributed by atoms with Crippen LogP contribution in [0.2, 0.25) is 0 Å². The molecule has 1 atom stereocenters. The first-order valence-corrected chi connectivity index (χ1v) is 11.8. The lowest BCUT2D eigenvalue weighted by Gasteiger charge is -2.34. The molecule has 1 heterocycles. The molecule has 0 radical (unpaired) electrons. The van der Waals surface area contributed by atoms with E-state index in [4.69, 9.17) is 12.2 Å². The second kappa shape index (κ2) is 10.3. The van der Waals surface area contributed by atoms with Crippen LogP contribution < -0.4 is 10.2 Å². The number of hydrogen-bond donors (Lipinski definition) is 1. The van der Waals surface area contributed by atoms with Gasteiger partial charge in [-0.1, -0.05) is 32.0 Å². The molecular weight excluding hydrogens is 386 g/mol. The molecule has 0 amide bonds. The highest BCUT2D eigenvalue weighted by atomic mass is 32.1. The Morgan fingerprint density at radius 1 is 1.13 bits per heavy atom. The van der Waals surface area contributed by atoms with E-state index in [2.05, 4.69) is 86.1 Å². The van der Waals surface area contributed by atoms with Crippen LogP contribution >= 0.6 is 12.2 Å². The number of aryl methyl sites for hydroxylation is 3. The molecule has 0 bridgehead atoms. The predicted octanol–water partition coefficient (Wildman–Crippen LogP) is 6.46. The van der Waals surface area contributed by atoms with Crippen molar-refractivity contribution in [1.29, 1.82) is 0 Å². The van der Waals surface area contributed by atoms with E-state index < -0.39 is 0 Å². The van der Waals surface area contributed by atoms with Gasteiger partial charge < -0.3 is 15.1 Å². The minimum Gasteiger partial charge on any atom is -0.371 e. The van der Waals surface area contributed by atoms with Crippen LogP contribution in [-0.2, 0) is 13.0 Å². The van der Waals surface area contributed by atoms with Crippen LogP contribution in [0.1, 0.15) is 62.3 Å². The van der Waals surface area contributed by atoms with Crippen molar-refractivity contribution in [3.05, 3.63) is 58.7 Å². The van der Waals surface area contributed by atoms with Crippen LogP contribution in [0.3, 0.4) is 0 Å². The maximum Gasteiger partial charge on any atom is 0.173 e. The Morgan fingerprint density at radius 3 is 2.63 bits per heavy atom. The van der Waals surface area contributed by atoms with E-state index in [0.29, 0.717) is 6.04 Å². The van der Waals surface area contributed by atoms with Gasteiger partial charge in [0.05, 0.1) is 0 Å². The molecule has 2 aromatic carbocycles. The maximum absolute atomic E-state index is 5.86. The topological polar surface area (TPSA) is 18.5 Å². The monoisotopic (exact) mass is 423 g/mol. The van der Waals surface area contributed by atoms with Crippen LogP contribution in [-0.4, -0.2) is 29.1 Å². The lowest BCUT2D eigenvalue weighted by Crippen LogP contribution is -2.40. The summed E-state index contributed by atoms with van der Waals surface area (Å²) in [5.41, 5.74) is 7.91. The number of rotatable bonds is 7. The van der Waals surface area contributed by atoms with Gasteiger partial charge in [-0.05, 0) is 99.1 Å². The van der Waals surface area contributed by atoms with Crippen molar-refractivity contribution in [2.24, 2.45) is 0 Å². The van der Waals surface area contributed by atoms with Gasteiger partial charge in [0, 0.05) is 37.1 Å². The summed E-state index contributed by atoms with van der Waals surface area (Å²) in [5.74, 6) is 0. The molecule has 4 heteroatoms. The zero-order valence-electron chi connectivity index (χ0n) is 19.3. The molecule has 1 aliphatic heterocycles. The summed E-state index contributed by atoms with van der Waals surface area (Å²) >= 11 is 5.86. The molecular formula is C26H37N3S. The Bertz CT molecular complexity index is 877. The number of fused-ring (bicyclic) bond motifs is 1. The molecule has 0 unspecified atom stereocenters. The molecule has 3 nitrogen and oxygen atoms in total. The first kappa shape index (κ1) is 22.6. The van der Waals surface area contributed by atoms with Crippen LogP contribution in [0.15, 0.2) is 36.4 Å². The normalized spacial score (nSPS) is 14.2. The van der Waals surface area contributed by atoms with Crippen molar-refractivity contribution >= 4 is 28.7 Å². The highest BCUT2D eigenvalue weighted by Gasteiger charge is 2.20. The molecule has 0 fully saturated rings. The average Bonchev–Trinajstić information content (AvgIpc) is 2.74. The quantitative estimate of drug-likeness (QED) is 0.515. The summed E-state index contributed by atoms with van der Waals surface area (Å²) in [4.78, 5) is 4.87. The molecule has 1 N–H and O–H groups in total. The van der Waals surface area contributed by atoms with Gasteiger partial charge in [-0.3, -0.25) is 0 Å². The van der Waals surface area contributed by atoms with E-state index >= 15 is 0 Å². The molecule has 0 saturated carbocycles. The Kier molecular flexibility index (Phi) is 7.76. The van der Waals surface area contributed by atoms with Gasteiger partial charge >= 0.3 is 0 Å². The van der Waals surface area contributed by atoms with Crippen molar-refractivity contribution in [2.75, 3.05) is 23.3 Å². The van der Waals surface area contributed by atoms with E-state index in [0.717, 1.165) is 30.3 Å². The third-order valence-corrected chi connectivity index (χ3v) is 6.68. The van der Waals surface area contributed by atoms with Gasteiger partial charge in [-0.15, -0.1) is 0 Å². The van der Waals surface area contributed by atoms with E-state index in [9.17, 15) is 0 Å². The Hall–Kier alpha value is -2.07. The molecule has 0 aliphatic carbocycles. The first-order chi connectivity index (χ1) is 14.4. The highest BCUT2D eigenvalue weighted by Crippen LogP contribution is 2.29. The van der Waals surface area contributed by atoms with Gasteiger partial charge in [0.1, 0.15) is 0 Å². The minimum atomic E-state index is 0.379. The minimum absolute atomic E-state index is 0.379. The van der Waals surface area contributed by atoms with Gasteiger partial charge in [0.2, 0.25) is 0 Å². The Balaban J connectivity index is 1.77. The second-order valence-corrected chi connectivity index (χ2v) is 9.05. The largest absolute Gasteiger partial charge is 0.371 e. The molecule has 0 spiro atoms. The fourth-order valence-electron chi connectivity index (χ4n) is 4.19. The number of nitrogens with one attached hydrogen (secondary N) is 1. The smallest absolute Gasteiger partial charge is 0.173 e. The second-order valence-electron chi connectivity index (χ2n) is 8.67. The Morgan fingerprint density at radius 2 is 1.93 bits per heavy atom. The zero-order valence-corrected chi connectivity index (χ0v) is 20.1. The number of nitrogens with zero attached hydrogens (tertiary/aromatic N) is 2.